The lowest BCUT2D eigenvalue weighted by Crippen LogP contribution is -2.29. The second kappa shape index (κ2) is 7.04. The van der Waals surface area contributed by atoms with E-state index >= 15 is 0 Å². The van der Waals surface area contributed by atoms with Crippen molar-refractivity contribution in [1.82, 2.24) is 5.32 Å². The van der Waals surface area contributed by atoms with Crippen LogP contribution in [0.25, 0.3) is 0 Å². The number of halogens is 2. The number of sulfone groups is 1. The van der Waals surface area contributed by atoms with Gasteiger partial charge in [0.05, 0.1) is 18.1 Å². The predicted molar refractivity (Wildman–Crippen MR) is 76.2 cm³/mol. The summed E-state index contributed by atoms with van der Waals surface area (Å²) in [4.78, 5) is 11.6. The van der Waals surface area contributed by atoms with Gasteiger partial charge in [0.25, 0.3) is 0 Å². The maximum absolute atomic E-state index is 13.3. The van der Waals surface area contributed by atoms with E-state index in [4.69, 9.17) is 4.74 Å². The molecule has 1 aromatic rings. The summed E-state index contributed by atoms with van der Waals surface area (Å²) in [6.45, 7) is 0.201. The van der Waals surface area contributed by atoms with Crippen molar-refractivity contribution >= 4 is 15.7 Å². The lowest BCUT2D eigenvalue weighted by Gasteiger charge is -2.10. The van der Waals surface area contributed by atoms with Crippen molar-refractivity contribution in [3.8, 4) is 5.75 Å². The first kappa shape index (κ1) is 16.7. The zero-order valence-electron chi connectivity index (χ0n) is 11.8. The Morgan fingerprint density at radius 1 is 1.36 bits per heavy atom. The topological polar surface area (TPSA) is 72.5 Å². The molecule has 1 unspecified atom stereocenters. The van der Waals surface area contributed by atoms with Crippen molar-refractivity contribution in [3.63, 3.8) is 0 Å². The van der Waals surface area contributed by atoms with Gasteiger partial charge >= 0.3 is 0 Å². The van der Waals surface area contributed by atoms with Gasteiger partial charge in [-0.25, -0.2) is 17.2 Å². The van der Waals surface area contributed by atoms with E-state index in [1.807, 2.05) is 0 Å². The summed E-state index contributed by atoms with van der Waals surface area (Å²) < 4.78 is 53.6. The summed E-state index contributed by atoms with van der Waals surface area (Å²) in [5.74, 6) is -1.79. The molecule has 5 nitrogen and oxygen atoms in total. The summed E-state index contributed by atoms with van der Waals surface area (Å²) in [5, 5.41) is 2.58. The minimum Gasteiger partial charge on any atom is -0.489 e. The summed E-state index contributed by atoms with van der Waals surface area (Å²) in [6, 6.07) is 2.97. The quantitative estimate of drug-likeness (QED) is 0.796. The number of nitrogens with one attached hydrogen (secondary N) is 1. The highest BCUT2D eigenvalue weighted by Gasteiger charge is 2.29. The van der Waals surface area contributed by atoms with Crippen LogP contribution in [0, 0.1) is 17.6 Å². The van der Waals surface area contributed by atoms with Crippen LogP contribution < -0.4 is 10.1 Å². The molecule has 1 aliphatic rings. The van der Waals surface area contributed by atoms with Crippen LogP contribution in [0.3, 0.4) is 0 Å². The molecule has 1 fully saturated rings. The van der Waals surface area contributed by atoms with Gasteiger partial charge in [0.1, 0.15) is 12.4 Å². The zero-order valence-corrected chi connectivity index (χ0v) is 12.7. The number of hydrogen-bond acceptors (Lipinski definition) is 4. The normalized spacial score (nSPS) is 19.8. The van der Waals surface area contributed by atoms with Gasteiger partial charge in [-0.2, -0.15) is 0 Å². The van der Waals surface area contributed by atoms with Gasteiger partial charge in [-0.05, 0) is 24.5 Å². The molecule has 0 aliphatic carbocycles. The van der Waals surface area contributed by atoms with E-state index in [1.54, 1.807) is 0 Å². The highest BCUT2D eigenvalue weighted by atomic mass is 32.2. The first-order chi connectivity index (χ1) is 10.4. The lowest BCUT2D eigenvalue weighted by atomic mass is 10.1. The van der Waals surface area contributed by atoms with Gasteiger partial charge in [-0.15, -0.1) is 0 Å². The second-order valence-electron chi connectivity index (χ2n) is 5.25. The van der Waals surface area contributed by atoms with Crippen LogP contribution in [0.2, 0.25) is 0 Å². The van der Waals surface area contributed by atoms with E-state index in [-0.39, 0.29) is 48.7 Å². The van der Waals surface area contributed by atoms with Crippen LogP contribution in [0.5, 0.6) is 5.75 Å². The smallest absolute Gasteiger partial charge is 0.220 e. The Balaban J connectivity index is 1.67. The molecule has 122 valence electrons. The molecule has 0 saturated carbocycles. The third-order valence-electron chi connectivity index (χ3n) is 3.38. The maximum atomic E-state index is 13.3. The van der Waals surface area contributed by atoms with Crippen LogP contribution in [0.1, 0.15) is 12.8 Å². The van der Waals surface area contributed by atoms with Crippen LogP contribution >= 0.6 is 0 Å². The number of rotatable bonds is 6. The molecule has 1 amide bonds. The Kier molecular flexibility index (Phi) is 5.33. The number of amides is 1. The molecule has 0 bridgehead atoms. The standard InChI is InChI=1S/C14H17F2NO4S/c15-11-1-2-13(12(16)8-11)21-5-4-17-14(18)7-10-3-6-22(19,20)9-10/h1-2,8,10H,3-7,9H2,(H,17,18). The van der Waals surface area contributed by atoms with Crippen LogP contribution in [0.4, 0.5) is 8.78 Å². The molecule has 8 heteroatoms. The molecule has 1 aliphatic heterocycles. The Labute approximate surface area is 127 Å². The van der Waals surface area contributed by atoms with E-state index in [9.17, 15) is 22.0 Å². The Morgan fingerprint density at radius 3 is 2.77 bits per heavy atom. The monoisotopic (exact) mass is 333 g/mol. The van der Waals surface area contributed by atoms with E-state index < -0.39 is 21.5 Å². The molecule has 1 heterocycles. The molecule has 2 rings (SSSR count). The summed E-state index contributed by atoms with van der Waals surface area (Å²) >= 11 is 0. The van der Waals surface area contributed by atoms with Gasteiger partial charge in [0, 0.05) is 12.5 Å². The Morgan fingerprint density at radius 2 is 2.14 bits per heavy atom. The van der Waals surface area contributed by atoms with Crippen molar-refractivity contribution in [1.29, 1.82) is 0 Å². The first-order valence-electron chi connectivity index (χ1n) is 6.91. The van der Waals surface area contributed by atoms with Gasteiger partial charge in [-0.3, -0.25) is 4.79 Å². The first-order valence-corrected chi connectivity index (χ1v) is 8.73. The van der Waals surface area contributed by atoms with Crippen LogP contribution in [-0.4, -0.2) is 39.0 Å². The lowest BCUT2D eigenvalue weighted by molar-refractivity contribution is -0.121. The number of carbonyl (C=O) groups is 1. The third-order valence-corrected chi connectivity index (χ3v) is 5.21. The molecular formula is C14H17F2NO4S. The van der Waals surface area contributed by atoms with Crippen LogP contribution in [0.15, 0.2) is 18.2 Å². The van der Waals surface area contributed by atoms with Crippen molar-refractivity contribution in [2.24, 2.45) is 5.92 Å². The van der Waals surface area contributed by atoms with Gasteiger partial charge < -0.3 is 10.1 Å². The fraction of sp³-hybridized carbons (Fsp3) is 0.500. The Hall–Kier alpha value is -1.70. The average molecular weight is 333 g/mol. The Bertz CT molecular complexity index is 648. The van der Waals surface area contributed by atoms with Crippen LogP contribution in [-0.2, 0) is 14.6 Å². The fourth-order valence-corrected chi connectivity index (χ4v) is 4.17. The number of ether oxygens (including phenoxy) is 1. The minimum absolute atomic E-state index is 0.0389. The average Bonchev–Trinajstić information content (AvgIpc) is 2.76. The van der Waals surface area contributed by atoms with Gasteiger partial charge in [-0.1, -0.05) is 0 Å². The SMILES string of the molecule is O=C(CC1CCS(=O)(=O)C1)NCCOc1ccc(F)cc1F. The van der Waals surface area contributed by atoms with Gasteiger partial charge in [0.2, 0.25) is 5.91 Å². The number of hydrogen-bond donors (Lipinski definition) is 1. The molecule has 22 heavy (non-hydrogen) atoms. The van der Waals surface area contributed by atoms with E-state index in [1.165, 1.54) is 6.07 Å². The maximum Gasteiger partial charge on any atom is 0.220 e. The van der Waals surface area contributed by atoms with E-state index in [2.05, 4.69) is 5.32 Å². The highest BCUT2D eigenvalue weighted by Crippen LogP contribution is 2.21. The number of benzene rings is 1. The summed E-state index contributed by atoms with van der Waals surface area (Å²) in [7, 11) is -2.99. The second-order valence-corrected chi connectivity index (χ2v) is 7.48. The third kappa shape index (κ3) is 4.94. The molecule has 1 saturated heterocycles. The molecular weight excluding hydrogens is 316 g/mol. The van der Waals surface area contributed by atoms with Crippen molar-refractivity contribution in [2.45, 2.75) is 12.8 Å². The van der Waals surface area contributed by atoms with Crippen molar-refractivity contribution < 1.29 is 26.7 Å². The highest BCUT2D eigenvalue weighted by molar-refractivity contribution is 7.91. The summed E-state index contributed by atoms with van der Waals surface area (Å²) in [5.41, 5.74) is 0. The van der Waals surface area contributed by atoms with Gasteiger partial charge in [0.15, 0.2) is 21.4 Å². The number of carbonyl (C=O) groups excluding carboxylic acids is 1. The minimum atomic E-state index is -2.99. The molecule has 0 aromatic heterocycles. The van der Waals surface area contributed by atoms with Crippen molar-refractivity contribution in [3.05, 3.63) is 29.8 Å². The van der Waals surface area contributed by atoms with Crippen molar-refractivity contribution in [2.75, 3.05) is 24.7 Å². The summed E-state index contributed by atoms with van der Waals surface area (Å²) in [6.07, 6.45) is 0.664. The molecule has 1 N–H and O–H groups in total. The molecule has 1 aromatic carbocycles. The fourth-order valence-electron chi connectivity index (χ4n) is 2.31. The largest absolute Gasteiger partial charge is 0.489 e. The molecule has 0 spiro atoms. The predicted octanol–water partition coefficient (Wildman–Crippen LogP) is 1.28. The van der Waals surface area contributed by atoms with E-state index in [0.29, 0.717) is 12.5 Å². The van der Waals surface area contributed by atoms with E-state index in [0.717, 1.165) is 6.07 Å². The molecule has 0 radical (unpaired) electrons. The zero-order chi connectivity index (χ0) is 16.2. The molecule has 1 atom stereocenters.